The second-order valence-corrected chi connectivity index (χ2v) is 5.31. The summed E-state index contributed by atoms with van der Waals surface area (Å²) >= 11 is 3.55. The molecule has 0 radical (unpaired) electrons. The molecule has 2 aromatic rings. The molecule has 100 valence electrons. The van der Waals surface area contributed by atoms with Crippen LogP contribution in [0.2, 0.25) is 0 Å². The average Bonchev–Trinajstić information content (AvgIpc) is 2.40. The molecule has 4 heteroatoms. The predicted molar refractivity (Wildman–Crippen MR) is 82.6 cm³/mol. The molecule has 0 saturated carbocycles. The van der Waals surface area contributed by atoms with E-state index in [4.69, 9.17) is 0 Å². The minimum atomic E-state index is 0.761. The standard InChI is InChI=1S/C15H18BrN3/c1-4-12-14(16)15(17-3)19-13(18-12)9-11-7-5-6-10(2)8-11/h5-8H,4,9H2,1-3H3,(H,17,18,19). The third-order valence-electron chi connectivity index (χ3n) is 2.98. The van der Waals surface area contributed by atoms with Crippen molar-refractivity contribution in [3.63, 3.8) is 0 Å². The van der Waals surface area contributed by atoms with Crippen LogP contribution < -0.4 is 5.32 Å². The lowest BCUT2D eigenvalue weighted by Crippen LogP contribution is -2.06. The lowest BCUT2D eigenvalue weighted by atomic mass is 10.1. The van der Waals surface area contributed by atoms with E-state index in [1.807, 2.05) is 7.05 Å². The quantitative estimate of drug-likeness (QED) is 0.932. The summed E-state index contributed by atoms with van der Waals surface area (Å²) in [4.78, 5) is 9.18. The van der Waals surface area contributed by atoms with Gasteiger partial charge in [-0.3, -0.25) is 0 Å². The van der Waals surface area contributed by atoms with Crippen molar-refractivity contribution in [3.05, 3.63) is 51.4 Å². The Hall–Kier alpha value is -1.42. The van der Waals surface area contributed by atoms with Crippen LogP contribution in [0.1, 0.15) is 29.6 Å². The lowest BCUT2D eigenvalue weighted by Gasteiger charge is -2.10. The Kier molecular flexibility index (Phi) is 4.53. The average molecular weight is 320 g/mol. The van der Waals surface area contributed by atoms with E-state index in [2.05, 4.69) is 69.3 Å². The molecule has 0 aliphatic rings. The van der Waals surface area contributed by atoms with E-state index < -0.39 is 0 Å². The van der Waals surface area contributed by atoms with Crippen molar-refractivity contribution in [3.8, 4) is 0 Å². The molecule has 0 unspecified atom stereocenters. The second kappa shape index (κ2) is 6.15. The van der Waals surface area contributed by atoms with Crippen LogP contribution in [0.15, 0.2) is 28.7 Å². The van der Waals surface area contributed by atoms with Crippen molar-refractivity contribution in [1.82, 2.24) is 9.97 Å². The Morgan fingerprint density at radius 2 is 2.05 bits per heavy atom. The van der Waals surface area contributed by atoms with Gasteiger partial charge >= 0.3 is 0 Å². The number of aromatic nitrogens is 2. The van der Waals surface area contributed by atoms with Gasteiger partial charge < -0.3 is 5.32 Å². The van der Waals surface area contributed by atoms with Crippen LogP contribution in [-0.2, 0) is 12.8 Å². The van der Waals surface area contributed by atoms with Gasteiger partial charge in [0, 0.05) is 13.5 Å². The van der Waals surface area contributed by atoms with E-state index in [1.165, 1.54) is 11.1 Å². The molecule has 0 spiro atoms. The van der Waals surface area contributed by atoms with E-state index in [-0.39, 0.29) is 0 Å². The highest BCUT2D eigenvalue weighted by Gasteiger charge is 2.10. The normalized spacial score (nSPS) is 10.5. The molecule has 1 aromatic heterocycles. The number of rotatable bonds is 4. The molecule has 0 aliphatic heterocycles. The fourth-order valence-corrected chi connectivity index (χ4v) is 2.68. The van der Waals surface area contributed by atoms with Crippen molar-refractivity contribution in [1.29, 1.82) is 0 Å². The number of nitrogens with one attached hydrogen (secondary N) is 1. The van der Waals surface area contributed by atoms with Crippen LogP contribution in [-0.4, -0.2) is 17.0 Å². The molecule has 0 aliphatic carbocycles. The van der Waals surface area contributed by atoms with E-state index in [0.717, 1.165) is 34.7 Å². The van der Waals surface area contributed by atoms with Crippen molar-refractivity contribution >= 4 is 21.7 Å². The first kappa shape index (κ1) is 14.0. The number of benzene rings is 1. The lowest BCUT2D eigenvalue weighted by molar-refractivity contribution is 0.898. The Morgan fingerprint density at radius 1 is 1.26 bits per heavy atom. The van der Waals surface area contributed by atoms with Crippen LogP contribution >= 0.6 is 15.9 Å². The zero-order valence-electron chi connectivity index (χ0n) is 11.5. The Morgan fingerprint density at radius 3 is 2.68 bits per heavy atom. The number of halogens is 1. The maximum atomic E-state index is 4.63. The molecule has 0 bridgehead atoms. The van der Waals surface area contributed by atoms with Gasteiger partial charge in [-0.2, -0.15) is 0 Å². The van der Waals surface area contributed by atoms with Crippen LogP contribution in [0.5, 0.6) is 0 Å². The highest BCUT2D eigenvalue weighted by molar-refractivity contribution is 9.10. The van der Waals surface area contributed by atoms with Crippen LogP contribution in [0, 0.1) is 6.92 Å². The molecule has 2 rings (SSSR count). The molecule has 0 atom stereocenters. The van der Waals surface area contributed by atoms with Gasteiger partial charge in [0.15, 0.2) is 0 Å². The van der Waals surface area contributed by atoms with E-state index in [1.54, 1.807) is 0 Å². The third kappa shape index (κ3) is 3.32. The number of anilines is 1. The van der Waals surface area contributed by atoms with E-state index in [0.29, 0.717) is 0 Å². The molecule has 19 heavy (non-hydrogen) atoms. The Bertz CT molecular complexity index is 556. The summed E-state index contributed by atoms with van der Waals surface area (Å²) in [6.45, 7) is 4.20. The third-order valence-corrected chi connectivity index (χ3v) is 3.82. The van der Waals surface area contributed by atoms with Gasteiger partial charge in [-0.25, -0.2) is 9.97 Å². The topological polar surface area (TPSA) is 37.8 Å². The molecule has 3 nitrogen and oxygen atoms in total. The van der Waals surface area contributed by atoms with Gasteiger partial charge in [-0.1, -0.05) is 36.8 Å². The summed E-state index contributed by atoms with van der Waals surface area (Å²) in [7, 11) is 1.88. The fourth-order valence-electron chi connectivity index (χ4n) is 2.03. The highest BCUT2D eigenvalue weighted by Crippen LogP contribution is 2.24. The maximum absolute atomic E-state index is 4.63. The van der Waals surface area contributed by atoms with E-state index >= 15 is 0 Å². The van der Waals surface area contributed by atoms with Crippen molar-refractivity contribution in [2.24, 2.45) is 0 Å². The minimum Gasteiger partial charge on any atom is -0.372 e. The highest BCUT2D eigenvalue weighted by atomic mass is 79.9. The maximum Gasteiger partial charge on any atom is 0.144 e. The number of hydrogen-bond acceptors (Lipinski definition) is 3. The zero-order chi connectivity index (χ0) is 13.8. The SMILES string of the molecule is CCc1nc(Cc2cccc(C)c2)nc(NC)c1Br. The molecular formula is C15H18BrN3. The van der Waals surface area contributed by atoms with Crippen molar-refractivity contribution in [2.75, 3.05) is 12.4 Å². The molecule has 0 amide bonds. The summed E-state index contributed by atoms with van der Waals surface area (Å²) < 4.78 is 0.963. The fraction of sp³-hybridized carbons (Fsp3) is 0.333. The molecule has 0 fully saturated rings. The van der Waals surface area contributed by atoms with Crippen LogP contribution in [0.4, 0.5) is 5.82 Å². The first-order valence-electron chi connectivity index (χ1n) is 6.42. The number of aryl methyl sites for hydroxylation is 2. The van der Waals surface area contributed by atoms with Crippen molar-refractivity contribution < 1.29 is 0 Å². The Balaban J connectivity index is 2.35. The molecule has 1 heterocycles. The monoisotopic (exact) mass is 319 g/mol. The second-order valence-electron chi connectivity index (χ2n) is 4.52. The van der Waals surface area contributed by atoms with Gasteiger partial charge in [-0.05, 0) is 34.8 Å². The van der Waals surface area contributed by atoms with Gasteiger partial charge in [0.1, 0.15) is 11.6 Å². The first-order valence-corrected chi connectivity index (χ1v) is 7.22. The summed E-state index contributed by atoms with van der Waals surface area (Å²) in [6, 6.07) is 8.46. The van der Waals surface area contributed by atoms with Crippen molar-refractivity contribution in [2.45, 2.75) is 26.7 Å². The van der Waals surface area contributed by atoms with E-state index in [9.17, 15) is 0 Å². The molecule has 1 aromatic carbocycles. The summed E-state index contributed by atoms with van der Waals surface area (Å²) in [5, 5.41) is 3.11. The van der Waals surface area contributed by atoms with Gasteiger partial charge in [0.05, 0.1) is 10.2 Å². The van der Waals surface area contributed by atoms with Crippen LogP contribution in [0.25, 0.3) is 0 Å². The van der Waals surface area contributed by atoms with Gasteiger partial charge in [-0.15, -0.1) is 0 Å². The Labute approximate surface area is 122 Å². The summed E-state index contributed by atoms with van der Waals surface area (Å²) in [5.74, 6) is 1.71. The van der Waals surface area contributed by atoms with Gasteiger partial charge in [0.25, 0.3) is 0 Å². The van der Waals surface area contributed by atoms with Crippen LogP contribution in [0.3, 0.4) is 0 Å². The summed E-state index contributed by atoms with van der Waals surface area (Å²) in [6.07, 6.45) is 1.65. The largest absolute Gasteiger partial charge is 0.372 e. The smallest absolute Gasteiger partial charge is 0.144 e. The molecular weight excluding hydrogens is 302 g/mol. The molecule has 0 saturated heterocycles. The minimum absolute atomic E-state index is 0.761. The number of hydrogen-bond donors (Lipinski definition) is 1. The summed E-state index contributed by atoms with van der Waals surface area (Å²) in [5.41, 5.74) is 3.55. The zero-order valence-corrected chi connectivity index (χ0v) is 13.1. The molecule has 1 N–H and O–H groups in total. The first-order chi connectivity index (χ1) is 9.13. The van der Waals surface area contributed by atoms with Gasteiger partial charge in [0.2, 0.25) is 0 Å². The predicted octanol–water partition coefficient (Wildman–Crippen LogP) is 3.74. The number of nitrogens with zero attached hydrogens (tertiary/aromatic N) is 2.